The Labute approximate surface area is 140 Å². The molecule has 0 bridgehead atoms. The average molecular weight is 340 g/mol. The molecule has 118 valence electrons. The van der Waals surface area contributed by atoms with Gasteiger partial charge in [0, 0.05) is 10.9 Å². The molecule has 0 radical (unpaired) electrons. The first-order chi connectivity index (χ1) is 11.7. The number of rotatable bonds is 4. The van der Waals surface area contributed by atoms with Crippen molar-refractivity contribution in [2.75, 3.05) is 5.43 Å². The van der Waals surface area contributed by atoms with E-state index in [2.05, 4.69) is 15.5 Å². The molecule has 4 nitrogen and oxygen atoms in total. The molecule has 0 aliphatic heterocycles. The summed E-state index contributed by atoms with van der Waals surface area (Å²) in [5.41, 5.74) is 4.75. The van der Waals surface area contributed by atoms with Crippen molar-refractivity contribution in [2.24, 2.45) is 5.10 Å². The van der Waals surface area contributed by atoms with Crippen LogP contribution in [0, 0.1) is 23.0 Å². The predicted molar refractivity (Wildman–Crippen MR) is 89.7 cm³/mol. The van der Waals surface area contributed by atoms with E-state index in [0.29, 0.717) is 16.4 Å². The predicted octanol–water partition coefficient (Wildman–Crippen LogP) is 4.43. The number of nitriles is 1. The largest absolute Gasteiger partial charge is 0.277 e. The van der Waals surface area contributed by atoms with Crippen LogP contribution >= 0.6 is 11.3 Å². The SMILES string of the molecule is N#CC(=NNc1ccc(F)cc1)c1nc(-c2ccc(F)cc2)cs1. The van der Waals surface area contributed by atoms with Gasteiger partial charge in [-0.25, -0.2) is 13.8 Å². The average Bonchev–Trinajstić information content (AvgIpc) is 3.08. The normalized spacial score (nSPS) is 11.1. The molecule has 0 amide bonds. The highest BCUT2D eigenvalue weighted by molar-refractivity contribution is 7.12. The van der Waals surface area contributed by atoms with Gasteiger partial charge in [0.05, 0.1) is 11.4 Å². The lowest BCUT2D eigenvalue weighted by Gasteiger charge is -2.00. The molecule has 0 unspecified atom stereocenters. The van der Waals surface area contributed by atoms with Gasteiger partial charge in [-0.1, -0.05) is 0 Å². The minimum absolute atomic E-state index is 0.109. The first-order valence-corrected chi connectivity index (χ1v) is 7.75. The molecule has 2 aromatic carbocycles. The molecule has 0 saturated heterocycles. The molecule has 0 spiro atoms. The summed E-state index contributed by atoms with van der Waals surface area (Å²) in [5.74, 6) is -0.675. The minimum atomic E-state index is -0.353. The standard InChI is InChI=1S/C17H10F2N4S/c18-12-3-1-11(2-4-12)16-10-24-17(21-16)15(9-20)23-22-14-7-5-13(19)6-8-14/h1-8,10,22H. The van der Waals surface area contributed by atoms with Gasteiger partial charge in [-0.2, -0.15) is 10.4 Å². The van der Waals surface area contributed by atoms with Gasteiger partial charge in [0.2, 0.25) is 0 Å². The van der Waals surface area contributed by atoms with Gasteiger partial charge < -0.3 is 0 Å². The van der Waals surface area contributed by atoms with Crippen molar-refractivity contribution in [3.63, 3.8) is 0 Å². The van der Waals surface area contributed by atoms with Crippen LogP contribution < -0.4 is 5.43 Å². The van der Waals surface area contributed by atoms with Crippen LogP contribution in [0.3, 0.4) is 0 Å². The molecule has 24 heavy (non-hydrogen) atoms. The zero-order chi connectivity index (χ0) is 16.9. The third kappa shape index (κ3) is 3.62. The van der Waals surface area contributed by atoms with E-state index in [4.69, 9.17) is 0 Å². The lowest BCUT2D eigenvalue weighted by atomic mass is 10.2. The number of halogens is 2. The summed E-state index contributed by atoms with van der Waals surface area (Å²) in [6, 6.07) is 13.5. The van der Waals surface area contributed by atoms with Crippen LogP contribution in [0.4, 0.5) is 14.5 Å². The fourth-order valence-corrected chi connectivity index (χ4v) is 2.67. The molecule has 3 aromatic rings. The number of hydrazone groups is 1. The number of nitrogens with zero attached hydrogens (tertiary/aromatic N) is 3. The number of aromatic nitrogens is 1. The number of hydrogen-bond donors (Lipinski definition) is 1. The van der Waals surface area contributed by atoms with Crippen molar-refractivity contribution in [1.29, 1.82) is 5.26 Å². The molecular formula is C17H10F2N4S. The van der Waals surface area contributed by atoms with Crippen molar-refractivity contribution < 1.29 is 8.78 Å². The monoisotopic (exact) mass is 340 g/mol. The van der Waals surface area contributed by atoms with Crippen molar-refractivity contribution in [2.45, 2.75) is 0 Å². The maximum Gasteiger partial charge on any atom is 0.196 e. The van der Waals surface area contributed by atoms with Crippen LogP contribution in [0.25, 0.3) is 11.3 Å². The second-order valence-electron chi connectivity index (χ2n) is 4.74. The lowest BCUT2D eigenvalue weighted by Crippen LogP contribution is -2.01. The summed E-state index contributed by atoms with van der Waals surface area (Å²) >= 11 is 1.26. The van der Waals surface area contributed by atoms with E-state index in [-0.39, 0.29) is 17.3 Å². The maximum absolute atomic E-state index is 13.0. The van der Waals surface area contributed by atoms with Crippen LogP contribution in [0.15, 0.2) is 59.0 Å². The number of nitrogens with one attached hydrogen (secondary N) is 1. The highest BCUT2D eigenvalue weighted by Gasteiger charge is 2.10. The Morgan fingerprint density at radius 2 is 1.67 bits per heavy atom. The molecule has 3 rings (SSSR count). The van der Waals surface area contributed by atoms with Crippen molar-refractivity contribution in [3.8, 4) is 17.3 Å². The molecule has 1 heterocycles. The van der Waals surface area contributed by atoms with Gasteiger partial charge in [-0.05, 0) is 48.5 Å². The molecule has 7 heteroatoms. The van der Waals surface area contributed by atoms with Crippen molar-refractivity contribution in [3.05, 3.63) is 70.6 Å². The number of benzene rings is 2. The van der Waals surface area contributed by atoms with Gasteiger partial charge in [0.25, 0.3) is 0 Å². The summed E-state index contributed by atoms with van der Waals surface area (Å²) in [7, 11) is 0. The van der Waals surface area contributed by atoms with Crippen molar-refractivity contribution in [1.82, 2.24) is 4.98 Å². The summed E-state index contributed by atoms with van der Waals surface area (Å²) in [5, 5.41) is 15.5. The maximum atomic E-state index is 13.0. The fourth-order valence-electron chi connectivity index (χ4n) is 1.90. The zero-order valence-corrected chi connectivity index (χ0v) is 13.0. The van der Waals surface area contributed by atoms with Gasteiger partial charge in [0.15, 0.2) is 10.7 Å². The van der Waals surface area contributed by atoms with Crippen LogP contribution in [0.5, 0.6) is 0 Å². The van der Waals surface area contributed by atoms with Gasteiger partial charge >= 0.3 is 0 Å². The summed E-state index contributed by atoms with van der Waals surface area (Å²) in [6.07, 6.45) is 0. The van der Waals surface area contributed by atoms with Crippen LogP contribution in [-0.4, -0.2) is 10.7 Å². The Balaban J connectivity index is 1.81. The highest BCUT2D eigenvalue weighted by Crippen LogP contribution is 2.22. The molecule has 0 atom stereocenters. The quantitative estimate of drug-likeness (QED) is 0.564. The Kier molecular flexibility index (Phi) is 4.59. The number of anilines is 1. The molecule has 0 aliphatic carbocycles. The minimum Gasteiger partial charge on any atom is -0.277 e. The first kappa shape index (κ1) is 15.8. The molecule has 0 aliphatic rings. The summed E-state index contributed by atoms with van der Waals surface area (Å²) in [6.45, 7) is 0. The number of thiazole rings is 1. The van der Waals surface area contributed by atoms with E-state index in [9.17, 15) is 14.0 Å². The second-order valence-corrected chi connectivity index (χ2v) is 5.59. The van der Waals surface area contributed by atoms with E-state index in [0.717, 1.165) is 5.56 Å². The topological polar surface area (TPSA) is 61.1 Å². The Morgan fingerprint density at radius 3 is 2.29 bits per heavy atom. The smallest absolute Gasteiger partial charge is 0.196 e. The van der Waals surface area contributed by atoms with Gasteiger partial charge in [0.1, 0.15) is 17.7 Å². The number of hydrogen-bond acceptors (Lipinski definition) is 5. The molecule has 1 N–H and O–H groups in total. The second kappa shape index (κ2) is 6.98. The van der Waals surface area contributed by atoms with Crippen LogP contribution in [0.2, 0.25) is 0 Å². The van der Waals surface area contributed by atoms with E-state index < -0.39 is 0 Å². The Morgan fingerprint density at radius 1 is 1.04 bits per heavy atom. The molecule has 0 fully saturated rings. The van der Waals surface area contributed by atoms with Gasteiger partial charge in [-0.3, -0.25) is 5.43 Å². The van der Waals surface area contributed by atoms with Gasteiger partial charge in [-0.15, -0.1) is 11.3 Å². The Bertz CT molecular complexity index is 909. The van der Waals surface area contributed by atoms with Crippen molar-refractivity contribution >= 4 is 22.7 Å². The third-order valence-corrected chi connectivity index (χ3v) is 3.94. The van der Waals surface area contributed by atoms with E-state index in [1.807, 2.05) is 6.07 Å². The van der Waals surface area contributed by atoms with Crippen LogP contribution in [-0.2, 0) is 0 Å². The summed E-state index contributed by atoms with van der Waals surface area (Å²) < 4.78 is 25.8. The Hall–Kier alpha value is -3.11. The van der Waals surface area contributed by atoms with E-state index in [1.165, 1.54) is 47.7 Å². The third-order valence-electron chi connectivity index (χ3n) is 3.09. The lowest BCUT2D eigenvalue weighted by molar-refractivity contribution is 0.627. The van der Waals surface area contributed by atoms with E-state index >= 15 is 0 Å². The zero-order valence-electron chi connectivity index (χ0n) is 12.2. The summed E-state index contributed by atoms with van der Waals surface area (Å²) in [4.78, 5) is 4.35. The fraction of sp³-hybridized carbons (Fsp3) is 0. The molecule has 0 saturated carbocycles. The van der Waals surface area contributed by atoms with Crippen LogP contribution in [0.1, 0.15) is 5.01 Å². The van der Waals surface area contributed by atoms with E-state index in [1.54, 1.807) is 17.5 Å². The molecular weight excluding hydrogens is 330 g/mol. The highest BCUT2D eigenvalue weighted by atomic mass is 32.1. The molecule has 1 aromatic heterocycles. The first-order valence-electron chi connectivity index (χ1n) is 6.87.